The van der Waals surface area contributed by atoms with Gasteiger partial charge in [-0.1, -0.05) is 13.8 Å². The van der Waals surface area contributed by atoms with Gasteiger partial charge in [-0.2, -0.15) is 0 Å². The minimum Gasteiger partial charge on any atom is -0.490 e. The van der Waals surface area contributed by atoms with Gasteiger partial charge in [-0.3, -0.25) is 0 Å². The number of nitrogens with two attached hydrogens (primary N) is 1. The Hall–Kier alpha value is -1.56. The molecule has 1 atom stereocenters. The number of hydrogen-bond donors (Lipinski definition) is 2. The number of aromatic nitrogens is 2. The molecule has 1 unspecified atom stereocenters. The van der Waals surface area contributed by atoms with Crippen molar-refractivity contribution in [2.75, 3.05) is 24.5 Å². The maximum absolute atomic E-state index is 5.39. The average molecular weight is 239 g/mol. The highest BCUT2D eigenvalue weighted by Crippen LogP contribution is 2.32. The van der Waals surface area contributed by atoms with E-state index in [-0.39, 0.29) is 0 Å². The molecule has 0 fully saturated rings. The largest absolute Gasteiger partial charge is 0.490 e. The zero-order chi connectivity index (χ0) is 13.0. The molecule has 0 aliphatic heterocycles. The zero-order valence-electron chi connectivity index (χ0n) is 11.1. The van der Waals surface area contributed by atoms with Crippen molar-refractivity contribution in [2.24, 2.45) is 11.8 Å². The van der Waals surface area contributed by atoms with Gasteiger partial charge in [-0.25, -0.2) is 15.8 Å². The van der Waals surface area contributed by atoms with Crippen molar-refractivity contribution < 1.29 is 4.74 Å². The summed E-state index contributed by atoms with van der Waals surface area (Å²) in [5.41, 5.74) is 2.51. The smallest absolute Gasteiger partial charge is 0.205 e. The van der Waals surface area contributed by atoms with Gasteiger partial charge in [-0.05, 0) is 12.8 Å². The number of anilines is 2. The van der Waals surface area contributed by atoms with Crippen LogP contribution in [0.25, 0.3) is 0 Å². The number of nitrogen functional groups attached to an aromatic ring is 1. The number of hydrazine groups is 1. The predicted molar refractivity (Wildman–Crippen MR) is 69.1 cm³/mol. The maximum Gasteiger partial charge on any atom is 0.205 e. The van der Waals surface area contributed by atoms with E-state index < -0.39 is 0 Å². The molecule has 6 nitrogen and oxygen atoms in total. The van der Waals surface area contributed by atoms with Crippen molar-refractivity contribution in [2.45, 2.75) is 26.8 Å². The third-order valence-electron chi connectivity index (χ3n) is 3.04. The van der Waals surface area contributed by atoms with Crippen LogP contribution in [0, 0.1) is 5.92 Å². The Morgan fingerprint density at radius 1 is 1.35 bits per heavy atom. The number of ether oxygens (including phenoxy) is 1. The van der Waals surface area contributed by atoms with Crippen LogP contribution in [0.1, 0.15) is 20.8 Å². The fraction of sp³-hybridized carbons (Fsp3) is 0.636. The Labute approximate surface area is 102 Å². The molecule has 17 heavy (non-hydrogen) atoms. The zero-order valence-corrected chi connectivity index (χ0v) is 11.1. The van der Waals surface area contributed by atoms with E-state index >= 15 is 0 Å². The Kier molecular flexibility index (Phi) is 4.51. The van der Waals surface area contributed by atoms with Crippen LogP contribution in [0.2, 0.25) is 0 Å². The van der Waals surface area contributed by atoms with E-state index in [2.05, 4.69) is 41.1 Å². The molecule has 0 saturated heterocycles. The minimum absolute atomic E-state index is 0.337. The molecule has 0 aliphatic carbocycles. The Balaban J connectivity index is 3.12. The number of rotatable bonds is 5. The van der Waals surface area contributed by atoms with Gasteiger partial charge >= 0.3 is 0 Å². The summed E-state index contributed by atoms with van der Waals surface area (Å²) in [5, 5.41) is 0. The molecule has 0 amide bonds. The Morgan fingerprint density at radius 2 is 2.00 bits per heavy atom. The molecule has 0 bridgehead atoms. The van der Waals surface area contributed by atoms with Crippen molar-refractivity contribution in [1.29, 1.82) is 0 Å². The molecular weight excluding hydrogens is 218 g/mol. The lowest BCUT2D eigenvalue weighted by atomic mass is 10.1. The van der Waals surface area contributed by atoms with E-state index in [1.165, 1.54) is 6.33 Å². The molecule has 1 rings (SSSR count). The van der Waals surface area contributed by atoms with Crippen molar-refractivity contribution in [3.05, 3.63) is 6.33 Å². The first-order valence-electron chi connectivity index (χ1n) is 5.61. The molecule has 0 spiro atoms. The monoisotopic (exact) mass is 239 g/mol. The van der Waals surface area contributed by atoms with Crippen molar-refractivity contribution >= 4 is 11.6 Å². The van der Waals surface area contributed by atoms with Gasteiger partial charge in [0.15, 0.2) is 11.6 Å². The lowest BCUT2D eigenvalue weighted by Gasteiger charge is -2.30. The van der Waals surface area contributed by atoms with Crippen LogP contribution in [-0.4, -0.2) is 30.2 Å². The van der Waals surface area contributed by atoms with Gasteiger partial charge < -0.3 is 15.1 Å². The summed E-state index contributed by atoms with van der Waals surface area (Å²) in [6.07, 6.45) is 1.47. The molecule has 0 aliphatic rings. The van der Waals surface area contributed by atoms with E-state index in [4.69, 9.17) is 10.6 Å². The summed E-state index contributed by atoms with van der Waals surface area (Å²) in [6.45, 7) is 6.47. The van der Waals surface area contributed by atoms with Crippen LogP contribution in [0.15, 0.2) is 6.33 Å². The summed E-state index contributed by atoms with van der Waals surface area (Å²) in [5.74, 6) is 7.68. The highest BCUT2D eigenvalue weighted by Gasteiger charge is 2.20. The first-order valence-corrected chi connectivity index (χ1v) is 5.61. The molecule has 1 heterocycles. The molecular formula is C11H21N5O. The second kappa shape index (κ2) is 5.67. The minimum atomic E-state index is 0.337. The number of nitrogens with zero attached hydrogens (tertiary/aromatic N) is 3. The van der Waals surface area contributed by atoms with E-state index in [0.29, 0.717) is 23.5 Å². The van der Waals surface area contributed by atoms with Crippen molar-refractivity contribution in [3.8, 4) is 5.75 Å². The van der Waals surface area contributed by atoms with Crippen LogP contribution >= 0.6 is 0 Å². The molecule has 0 aromatic carbocycles. The van der Waals surface area contributed by atoms with Crippen molar-refractivity contribution in [1.82, 2.24) is 9.97 Å². The molecule has 96 valence electrons. The van der Waals surface area contributed by atoms with Gasteiger partial charge in [-0.15, -0.1) is 0 Å². The lowest BCUT2D eigenvalue weighted by Crippen LogP contribution is -2.34. The number of hydrogen-bond acceptors (Lipinski definition) is 6. The summed E-state index contributed by atoms with van der Waals surface area (Å²) in [4.78, 5) is 10.3. The summed E-state index contributed by atoms with van der Waals surface area (Å²) >= 11 is 0. The standard InChI is InChI=1S/C11H21N5O/c1-7(2)8(3)16(4)11-9(17-5)10(15-12)13-6-14-11/h6-8H,12H2,1-5H3,(H,13,14,15). The first kappa shape index (κ1) is 13.5. The summed E-state index contributed by atoms with van der Waals surface area (Å²) in [7, 11) is 3.56. The van der Waals surface area contributed by atoms with Gasteiger partial charge in [0.1, 0.15) is 6.33 Å². The molecule has 1 aromatic heterocycles. The van der Waals surface area contributed by atoms with Gasteiger partial charge in [0.25, 0.3) is 0 Å². The molecule has 1 aromatic rings. The normalized spacial score (nSPS) is 12.4. The van der Waals surface area contributed by atoms with Crippen LogP contribution in [0.4, 0.5) is 11.6 Å². The van der Waals surface area contributed by atoms with E-state index in [1.54, 1.807) is 7.11 Å². The lowest BCUT2D eigenvalue weighted by molar-refractivity contribution is 0.408. The Bertz CT molecular complexity index is 369. The number of nitrogens with one attached hydrogen (secondary N) is 1. The molecule has 3 N–H and O–H groups in total. The van der Waals surface area contributed by atoms with Crippen molar-refractivity contribution in [3.63, 3.8) is 0 Å². The maximum atomic E-state index is 5.39. The summed E-state index contributed by atoms with van der Waals surface area (Å²) in [6, 6.07) is 0.337. The van der Waals surface area contributed by atoms with Gasteiger partial charge in [0.05, 0.1) is 7.11 Å². The second-order valence-electron chi connectivity index (χ2n) is 4.32. The van der Waals surface area contributed by atoms with Gasteiger partial charge in [0, 0.05) is 13.1 Å². The molecule has 6 heteroatoms. The fourth-order valence-electron chi connectivity index (χ4n) is 1.55. The summed E-state index contributed by atoms with van der Waals surface area (Å²) < 4.78 is 5.31. The van der Waals surface area contributed by atoms with E-state index in [0.717, 1.165) is 5.82 Å². The third kappa shape index (κ3) is 2.76. The predicted octanol–water partition coefficient (Wildman–Crippen LogP) is 1.25. The topological polar surface area (TPSA) is 76.3 Å². The van der Waals surface area contributed by atoms with Gasteiger partial charge in [0.2, 0.25) is 5.75 Å². The molecule has 0 saturated carbocycles. The Morgan fingerprint density at radius 3 is 2.47 bits per heavy atom. The third-order valence-corrected chi connectivity index (χ3v) is 3.04. The van der Waals surface area contributed by atoms with E-state index in [1.807, 2.05) is 7.05 Å². The SMILES string of the molecule is COc1c(NN)ncnc1N(C)C(C)C(C)C. The quantitative estimate of drug-likeness (QED) is 0.595. The highest BCUT2D eigenvalue weighted by molar-refractivity contribution is 5.64. The second-order valence-corrected chi connectivity index (χ2v) is 4.32. The number of methoxy groups -OCH3 is 1. The first-order chi connectivity index (χ1) is 8.02. The highest BCUT2D eigenvalue weighted by atomic mass is 16.5. The molecule has 0 radical (unpaired) electrons. The van der Waals surface area contributed by atoms with Crippen LogP contribution in [0.5, 0.6) is 5.75 Å². The average Bonchev–Trinajstić information content (AvgIpc) is 2.35. The van der Waals surface area contributed by atoms with Crippen LogP contribution < -0.4 is 20.9 Å². The fourth-order valence-corrected chi connectivity index (χ4v) is 1.55. The van der Waals surface area contributed by atoms with Crippen LogP contribution in [0.3, 0.4) is 0 Å². The van der Waals surface area contributed by atoms with Crippen LogP contribution in [-0.2, 0) is 0 Å². The van der Waals surface area contributed by atoms with E-state index in [9.17, 15) is 0 Å².